The van der Waals surface area contributed by atoms with Crippen LogP contribution in [0.3, 0.4) is 0 Å². The van der Waals surface area contributed by atoms with Gasteiger partial charge in [-0.1, -0.05) is 31.4 Å². The lowest BCUT2D eigenvalue weighted by Crippen LogP contribution is -2.34. The molecule has 18 heavy (non-hydrogen) atoms. The van der Waals surface area contributed by atoms with Gasteiger partial charge in [0.25, 0.3) is 0 Å². The van der Waals surface area contributed by atoms with E-state index in [9.17, 15) is 4.39 Å². The Morgan fingerprint density at radius 3 is 2.56 bits per heavy atom. The maximum atomic E-state index is 13.4. The number of rotatable bonds is 3. The highest BCUT2D eigenvalue weighted by Crippen LogP contribution is 2.39. The van der Waals surface area contributed by atoms with E-state index in [1.54, 1.807) is 12.1 Å². The minimum atomic E-state index is -0.192. The van der Waals surface area contributed by atoms with Crippen molar-refractivity contribution in [3.8, 4) is 0 Å². The molecule has 0 radical (unpaired) electrons. The number of benzene rings is 1. The Kier molecular flexibility index (Phi) is 3.84. The van der Waals surface area contributed by atoms with E-state index in [-0.39, 0.29) is 17.2 Å². The number of hydrogen-bond donors (Lipinski definition) is 2. The van der Waals surface area contributed by atoms with Crippen LogP contribution in [0.15, 0.2) is 29.3 Å². The van der Waals surface area contributed by atoms with Crippen LogP contribution < -0.4 is 11.5 Å². The lowest BCUT2D eigenvalue weighted by atomic mass is 9.69. The van der Waals surface area contributed by atoms with Crippen molar-refractivity contribution in [2.45, 2.75) is 37.5 Å². The normalized spacial score (nSPS) is 18.3. The predicted molar refractivity (Wildman–Crippen MR) is 71.8 cm³/mol. The van der Waals surface area contributed by atoms with Gasteiger partial charge < -0.3 is 11.5 Å². The van der Waals surface area contributed by atoms with E-state index in [2.05, 4.69) is 4.99 Å². The first kappa shape index (κ1) is 12.9. The summed E-state index contributed by atoms with van der Waals surface area (Å²) < 4.78 is 13.4. The number of nitrogens with zero attached hydrogens (tertiary/aromatic N) is 1. The molecule has 1 aromatic carbocycles. The van der Waals surface area contributed by atoms with Crippen LogP contribution >= 0.6 is 0 Å². The Morgan fingerprint density at radius 2 is 1.94 bits per heavy atom. The molecule has 0 atom stereocenters. The molecule has 1 aliphatic carbocycles. The smallest absolute Gasteiger partial charge is 0.185 e. The fourth-order valence-electron chi connectivity index (χ4n) is 2.83. The number of hydrogen-bond acceptors (Lipinski definition) is 1. The maximum absolute atomic E-state index is 13.4. The van der Waals surface area contributed by atoms with Gasteiger partial charge >= 0.3 is 0 Å². The first-order chi connectivity index (χ1) is 8.62. The van der Waals surface area contributed by atoms with Crippen molar-refractivity contribution in [3.63, 3.8) is 0 Å². The van der Waals surface area contributed by atoms with Crippen LogP contribution in [0.25, 0.3) is 0 Å². The van der Waals surface area contributed by atoms with Crippen LogP contribution in [0.4, 0.5) is 4.39 Å². The highest BCUT2D eigenvalue weighted by molar-refractivity contribution is 5.75. The lowest BCUT2D eigenvalue weighted by Gasteiger charge is -2.36. The Morgan fingerprint density at radius 1 is 1.22 bits per heavy atom. The molecule has 0 saturated heterocycles. The summed E-state index contributed by atoms with van der Waals surface area (Å²) in [5.41, 5.74) is 11.8. The molecule has 1 saturated carbocycles. The molecule has 0 bridgehead atoms. The summed E-state index contributed by atoms with van der Waals surface area (Å²) in [6.45, 7) is 0.554. The fraction of sp³-hybridized carbons (Fsp3) is 0.500. The van der Waals surface area contributed by atoms with E-state index >= 15 is 0 Å². The van der Waals surface area contributed by atoms with Crippen LogP contribution in [0.5, 0.6) is 0 Å². The third-order valence-electron chi connectivity index (χ3n) is 3.81. The first-order valence-corrected chi connectivity index (χ1v) is 6.44. The minimum absolute atomic E-state index is 0.0929. The van der Waals surface area contributed by atoms with Crippen LogP contribution in [0, 0.1) is 5.82 Å². The molecule has 2 rings (SSSR count). The molecule has 98 valence electrons. The molecule has 4 heteroatoms. The molecule has 0 unspecified atom stereocenters. The van der Waals surface area contributed by atoms with Crippen LogP contribution in [0.2, 0.25) is 0 Å². The maximum Gasteiger partial charge on any atom is 0.185 e. The van der Waals surface area contributed by atoms with Gasteiger partial charge in [-0.05, 0) is 30.5 Å². The molecule has 4 N–H and O–H groups in total. The van der Waals surface area contributed by atoms with Gasteiger partial charge in [0.2, 0.25) is 0 Å². The molecule has 0 aliphatic heterocycles. The van der Waals surface area contributed by atoms with Gasteiger partial charge in [-0.25, -0.2) is 4.39 Å². The van der Waals surface area contributed by atoms with E-state index in [4.69, 9.17) is 11.5 Å². The SMILES string of the molecule is NC(N)=NCC1(c2cccc(F)c2)CCCCC1. The van der Waals surface area contributed by atoms with Crippen molar-refractivity contribution in [2.75, 3.05) is 6.54 Å². The van der Waals surface area contributed by atoms with Crippen LogP contribution in [0.1, 0.15) is 37.7 Å². The van der Waals surface area contributed by atoms with Crippen LogP contribution in [-0.4, -0.2) is 12.5 Å². The van der Waals surface area contributed by atoms with Crippen molar-refractivity contribution in [1.29, 1.82) is 0 Å². The van der Waals surface area contributed by atoms with Crippen molar-refractivity contribution in [2.24, 2.45) is 16.5 Å². The van der Waals surface area contributed by atoms with Gasteiger partial charge in [0.05, 0.1) is 6.54 Å². The number of guanidine groups is 1. The summed E-state index contributed by atoms with van der Waals surface area (Å²) in [7, 11) is 0. The van der Waals surface area contributed by atoms with E-state index in [1.807, 2.05) is 6.07 Å². The Labute approximate surface area is 107 Å². The molecular weight excluding hydrogens is 229 g/mol. The fourth-order valence-corrected chi connectivity index (χ4v) is 2.83. The van der Waals surface area contributed by atoms with Gasteiger partial charge in [-0.15, -0.1) is 0 Å². The summed E-state index contributed by atoms with van der Waals surface area (Å²) in [4.78, 5) is 4.18. The van der Waals surface area contributed by atoms with Gasteiger partial charge in [0, 0.05) is 5.41 Å². The summed E-state index contributed by atoms with van der Waals surface area (Å²) in [6.07, 6.45) is 5.58. The molecule has 1 fully saturated rings. The summed E-state index contributed by atoms with van der Waals surface area (Å²) in [6, 6.07) is 6.83. The van der Waals surface area contributed by atoms with Gasteiger partial charge in [-0.3, -0.25) is 4.99 Å². The van der Waals surface area contributed by atoms with E-state index in [0.29, 0.717) is 6.54 Å². The van der Waals surface area contributed by atoms with Crippen molar-refractivity contribution in [3.05, 3.63) is 35.6 Å². The molecular formula is C14H20FN3. The van der Waals surface area contributed by atoms with Gasteiger partial charge in [0.1, 0.15) is 5.82 Å². The molecule has 0 spiro atoms. The van der Waals surface area contributed by atoms with Gasteiger partial charge in [0.15, 0.2) is 5.96 Å². The van der Waals surface area contributed by atoms with E-state index in [0.717, 1.165) is 31.2 Å². The second-order valence-electron chi connectivity index (χ2n) is 5.09. The molecule has 0 amide bonds. The lowest BCUT2D eigenvalue weighted by molar-refractivity contribution is 0.300. The van der Waals surface area contributed by atoms with E-state index in [1.165, 1.54) is 12.5 Å². The van der Waals surface area contributed by atoms with Crippen molar-refractivity contribution < 1.29 is 4.39 Å². The Bertz CT molecular complexity index is 432. The van der Waals surface area contributed by atoms with E-state index < -0.39 is 0 Å². The highest BCUT2D eigenvalue weighted by atomic mass is 19.1. The largest absolute Gasteiger partial charge is 0.370 e. The third-order valence-corrected chi connectivity index (χ3v) is 3.81. The number of halogens is 1. The zero-order chi connectivity index (χ0) is 13.0. The van der Waals surface area contributed by atoms with Crippen molar-refractivity contribution >= 4 is 5.96 Å². The first-order valence-electron chi connectivity index (χ1n) is 6.44. The minimum Gasteiger partial charge on any atom is -0.370 e. The van der Waals surface area contributed by atoms with Crippen LogP contribution in [-0.2, 0) is 5.41 Å². The average molecular weight is 249 g/mol. The zero-order valence-corrected chi connectivity index (χ0v) is 10.5. The topological polar surface area (TPSA) is 64.4 Å². The summed E-state index contributed by atoms with van der Waals surface area (Å²) in [5.74, 6) is -0.0847. The summed E-state index contributed by atoms with van der Waals surface area (Å²) in [5, 5.41) is 0. The number of nitrogens with two attached hydrogens (primary N) is 2. The predicted octanol–water partition coefficient (Wildman–Crippen LogP) is 2.30. The number of aliphatic imine (C=N–C) groups is 1. The molecule has 3 nitrogen and oxygen atoms in total. The molecule has 0 aromatic heterocycles. The average Bonchev–Trinajstić information content (AvgIpc) is 2.37. The second kappa shape index (κ2) is 5.38. The zero-order valence-electron chi connectivity index (χ0n) is 10.5. The molecule has 1 aromatic rings. The summed E-state index contributed by atoms with van der Waals surface area (Å²) >= 11 is 0. The second-order valence-corrected chi connectivity index (χ2v) is 5.09. The van der Waals surface area contributed by atoms with Gasteiger partial charge in [-0.2, -0.15) is 0 Å². The molecule has 0 heterocycles. The highest BCUT2D eigenvalue weighted by Gasteiger charge is 2.33. The monoisotopic (exact) mass is 249 g/mol. The quantitative estimate of drug-likeness (QED) is 0.637. The Hall–Kier alpha value is -1.58. The Balaban J connectivity index is 2.32. The molecule has 1 aliphatic rings. The standard InChI is InChI=1S/C14H20FN3/c15-12-6-4-5-11(9-12)14(10-18-13(16)17)7-2-1-3-8-14/h4-6,9H,1-3,7-8,10H2,(H4,16,17,18). The third kappa shape index (κ3) is 2.81. The van der Waals surface area contributed by atoms with Crippen molar-refractivity contribution in [1.82, 2.24) is 0 Å².